The molecule has 4 heteroatoms. The van der Waals surface area contributed by atoms with Crippen molar-refractivity contribution < 1.29 is 4.92 Å². The maximum Gasteiger partial charge on any atom is 0.292 e. The first-order valence-electron chi connectivity index (χ1n) is 6.81. The Hall–Kier alpha value is -2.36. The van der Waals surface area contributed by atoms with E-state index in [9.17, 15) is 10.1 Å². The average Bonchev–Trinajstić information content (AvgIpc) is 3.30. The van der Waals surface area contributed by atoms with Gasteiger partial charge in [0.15, 0.2) is 0 Å². The summed E-state index contributed by atoms with van der Waals surface area (Å²) < 4.78 is 0. The predicted octanol–water partition coefficient (Wildman–Crippen LogP) is 4.08. The van der Waals surface area contributed by atoms with Crippen molar-refractivity contribution in [2.45, 2.75) is 25.3 Å². The van der Waals surface area contributed by atoms with Gasteiger partial charge < -0.3 is 5.32 Å². The fraction of sp³-hybridized carbons (Fsp3) is 0.250. The molecule has 1 fully saturated rings. The minimum Gasteiger partial charge on any atom is -0.375 e. The van der Waals surface area contributed by atoms with Gasteiger partial charge in [0.2, 0.25) is 0 Å². The zero-order valence-electron chi connectivity index (χ0n) is 11.1. The third-order valence-electron chi connectivity index (χ3n) is 3.64. The molecule has 0 aliphatic heterocycles. The zero-order valence-corrected chi connectivity index (χ0v) is 11.1. The Kier molecular flexibility index (Phi) is 3.37. The van der Waals surface area contributed by atoms with Crippen LogP contribution in [0.15, 0.2) is 48.5 Å². The standard InChI is InChI=1S/C16H16N2O2/c19-18(20)16-8-4-3-7-15(16)17-11-13-5-1-2-6-14(13)12-9-10-12/h1-8,12,17H,9-11H2. The van der Waals surface area contributed by atoms with Crippen LogP contribution in [0.2, 0.25) is 0 Å². The Morgan fingerprint density at radius 1 is 1.10 bits per heavy atom. The van der Waals surface area contributed by atoms with Crippen LogP contribution in [-0.2, 0) is 6.54 Å². The largest absolute Gasteiger partial charge is 0.375 e. The molecule has 1 aliphatic rings. The predicted molar refractivity (Wildman–Crippen MR) is 78.8 cm³/mol. The van der Waals surface area contributed by atoms with Crippen molar-refractivity contribution in [1.82, 2.24) is 0 Å². The van der Waals surface area contributed by atoms with Crippen molar-refractivity contribution >= 4 is 11.4 Å². The van der Waals surface area contributed by atoms with Gasteiger partial charge in [0, 0.05) is 12.6 Å². The van der Waals surface area contributed by atoms with Crippen LogP contribution in [-0.4, -0.2) is 4.92 Å². The molecule has 0 atom stereocenters. The topological polar surface area (TPSA) is 55.2 Å². The molecule has 0 unspecified atom stereocenters. The lowest BCUT2D eigenvalue weighted by molar-refractivity contribution is -0.384. The van der Waals surface area contributed by atoms with Crippen LogP contribution < -0.4 is 5.32 Å². The van der Waals surface area contributed by atoms with E-state index in [1.54, 1.807) is 12.1 Å². The van der Waals surface area contributed by atoms with Crippen LogP contribution in [0, 0.1) is 10.1 Å². The lowest BCUT2D eigenvalue weighted by Gasteiger charge is -2.11. The lowest BCUT2D eigenvalue weighted by Crippen LogP contribution is -2.04. The summed E-state index contributed by atoms with van der Waals surface area (Å²) in [6.07, 6.45) is 2.50. The molecule has 0 radical (unpaired) electrons. The van der Waals surface area contributed by atoms with E-state index in [0.29, 0.717) is 18.2 Å². The van der Waals surface area contributed by atoms with E-state index in [-0.39, 0.29) is 10.6 Å². The fourth-order valence-corrected chi connectivity index (χ4v) is 2.46. The van der Waals surface area contributed by atoms with Crippen molar-refractivity contribution in [3.8, 4) is 0 Å². The van der Waals surface area contributed by atoms with Crippen molar-refractivity contribution in [3.05, 3.63) is 69.8 Å². The first-order valence-corrected chi connectivity index (χ1v) is 6.81. The molecule has 0 bridgehead atoms. The molecular formula is C16H16N2O2. The fourth-order valence-electron chi connectivity index (χ4n) is 2.46. The maximum absolute atomic E-state index is 11.0. The number of rotatable bonds is 5. The van der Waals surface area contributed by atoms with Crippen LogP contribution >= 0.6 is 0 Å². The Morgan fingerprint density at radius 2 is 1.80 bits per heavy atom. The van der Waals surface area contributed by atoms with Gasteiger partial charge >= 0.3 is 0 Å². The highest BCUT2D eigenvalue weighted by Crippen LogP contribution is 2.41. The first-order chi connectivity index (χ1) is 9.75. The van der Waals surface area contributed by atoms with Gasteiger partial charge in [0.1, 0.15) is 5.69 Å². The molecule has 1 saturated carbocycles. The van der Waals surface area contributed by atoms with Gasteiger partial charge in [-0.05, 0) is 36.0 Å². The normalized spacial score (nSPS) is 14.0. The molecule has 4 nitrogen and oxygen atoms in total. The molecule has 1 aliphatic carbocycles. The quantitative estimate of drug-likeness (QED) is 0.656. The van der Waals surface area contributed by atoms with Crippen LogP contribution in [0.25, 0.3) is 0 Å². The summed E-state index contributed by atoms with van der Waals surface area (Å²) in [4.78, 5) is 10.6. The zero-order chi connectivity index (χ0) is 13.9. The summed E-state index contributed by atoms with van der Waals surface area (Å²) in [5.74, 6) is 0.679. The summed E-state index contributed by atoms with van der Waals surface area (Å²) in [5, 5.41) is 14.2. The number of hydrogen-bond acceptors (Lipinski definition) is 3. The minimum atomic E-state index is -0.352. The third kappa shape index (κ3) is 2.64. The molecule has 2 aromatic rings. The highest BCUT2D eigenvalue weighted by atomic mass is 16.6. The molecule has 0 spiro atoms. The highest BCUT2D eigenvalue weighted by Gasteiger charge is 2.25. The molecule has 0 saturated heterocycles. The van der Waals surface area contributed by atoms with Gasteiger partial charge in [-0.3, -0.25) is 10.1 Å². The third-order valence-corrected chi connectivity index (χ3v) is 3.64. The SMILES string of the molecule is O=[N+]([O-])c1ccccc1NCc1ccccc1C1CC1. The number of nitro groups is 1. The number of nitrogens with one attached hydrogen (secondary N) is 1. The van der Waals surface area contributed by atoms with Crippen molar-refractivity contribution in [1.29, 1.82) is 0 Å². The van der Waals surface area contributed by atoms with Crippen LogP contribution in [0.4, 0.5) is 11.4 Å². The summed E-state index contributed by atoms with van der Waals surface area (Å²) in [5.41, 5.74) is 3.30. The van der Waals surface area contributed by atoms with Crippen LogP contribution in [0.5, 0.6) is 0 Å². The van der Waals surface area contributed by atoms with Crippen molar-refractivity contribution in [3.63, 3.8) is 0 Å². The number of nitro benzene ring substituents is 1. The molecule has 3 rings (SSSR count). The van der Waals surface area contributed by atoms with Gasteiger partial charge in [-0.15, -0.1) is 0 Å². The Balaban J connectivity index is 1.79. The molecule has 2 aromatic carbocycles. The second-order valence-corrected chi connectivity index (χ2v) is 5.10. The van der Waals surface area contributed by atoms with Crippen molar-refractivity contribution in [2.24, 2.45) is 0 Å². The van der Waals surface area contributed by atoms with E-state index in [1.807, 2.05) is 12.1 Å². The smallest absolute Gasteiger partial charge is 0.292 e. The summed E-state index contributed by atoms with van der Waals surface area (Å²) >= 11 is 0. The van der Waals surface area contributed by atoms with E-state index >= 15 is 0 Å². The Bertz CT molecular complexity index is 636. The second kappa shape index (κ2) is 5.33. The molecule has 0 amide bonds. The molecule has 102 valence electrons. The number of para-hydroxylation sites is 2. The second-order valence-electron chi connectivity index (χ2n) is 5.10. The van der Waals surface area contributed by atoms with Gasteiger partial charge in [0.05, 0.1) is 4.92 Å². The molecule has 1 N–H and O–H groups in total. The number of hydrogen-bond donors (Lipinski definition) is 1. The first kappa shape index (κ1) is 12.7. The monoisotopic (exact) mass is 268 g/mol. The average molecular weight is 268 g/mol. The summed E-state index contributed by atoms with van der Waals surface area (Å²) in [7, 11) is 0. The molecule has 20 heavy (non-hydrogen) atoms. The van der Waals surface area contributed by atoms with Crippen molar-refractivity contribution in [2.75, 3.05) is 5.32 Å². The summed E-state index contributed by atoms with van der Waals surface area (Å²) in [6, 6.07) is 15.1. The van der Waals surface area contributed by atoms with E-state index in [2.05, 4.69) is 23.5 Å². The number of nitrogens with zero attached hydrogens (tertiary/aromatic N) is 1. The Morgan fingerprint density at radius 3 is 2.55 bits per heavy atom. The highest BCUT2D eigenvalue weighted by molar-refractivity contribution is 5.61. The van der Waals surface area contributed by atoms with Crippen LogP contribution in [0.3, 0.4) is 0 Å². The van der Waals surface area contributed by atoms with E-state index in [1.165, 1.54) is 30.0 Å². The minimum absolute atomic E-state index is 0.122. The number of anilines is 1. The molecular weight excluding hydrogens is 252 g/mol. The summed E-state index contributed by atoms with van der Waals surface area (Å²) in [6.45, 7) is 0.623. The Labute approximate surface area is 117 Å². The number of benzene rings is 2. The lowest BCUT2D eigenvalue weighted by atomic mass is 10.0. The van der Waals surface area contributed by atoms with Gasteiger partial charge in [-0.1, -0.05) is 36.4 Å². The van der Waals surface area contributed by atoms with Gasteiger partial charge in [0.25, 0.3) is 5.69 Å². The van der Waals surface area contributed by atoms with E-state index < -0.39 is 0 Å². The van der Waals surface area contributed by atoms with Crippen LogP contribution in [0.1, 0.15) is 29.9 Å². The molecule has 0 aromatic heterocycles. The molecule has 0 heterocycles. The maximum atomic E-state index is 11.0. The van der Waals surface area contributed by atoms with E-state index in [4.69, 9.17) is 0 Å². The van der Waals surface area contributed by atoms with Gasteiger partial charge in [-0.2, -0.15) is 0 Å². The van der Waals surface area contributed by atoms with Gasteiger partial charge in [-0.25, -0.2) is 0 Å². The van der Waals surface area contributed by atoms with E-state index in [0.717, 1.165) is 0 Å².